The van der Waals surface area contributed by atoms with Crippen molar-refractivity contribution in [3.05, 3.63) is 0 Å². The Morgan fingerprint density at radius 3 is 2.53 bits per heavy atom. The average molecular weight is 272 g/mol. The Labute approximate surface area is 118 Å². The van der Waals surface area contributed by atoms with E-state index in [1.165, 1.54) is 6.42 Å². The summed E-state index contributed by atoms with van der Waals surface area (Å²) in [5.41, 5.74) is 0.149. The molecule has 3 atom stereocenters. The first kappa shape index (κ1) is 16.9. The fraction of sp³-hybridized carbons (Fsp3) is 1.00. The number of nitrogens with one attached hydrogen (secondary N) is 1. The number of ether oxygens (including phenoxy) is 2. The van der Waals surface area contributed by atoms with Gasteiger partial charge in [-0.05, 0) is 39.7 Å². The summed E-state index contributed by atoms with van der Waals surface area (Å²) in [6, 6.07) is 0.425. The summed E-state index contributed by atoms with van der Waals surface area (Å²) < 4.78 is 11.0. The van der Waals surface area contributed by atoms with Gasteiger partial charge in [-0.1, -0.05) is 6.92 Å². The Bertz CT molecular complexity index is 253. The van der Waals surface area contributed by atoms with Gasteiger partial charge in [0.2, 0.25) is 0 Å². The smallest absolute Gasteiger partial charge is 0.0724 e. The number of nitrogens with zero attached hydrogens (tertiary/aromatic N) is 1. The highest BCUT2D eigenvalue weighted by molar-refractivity contribution is 4.85. The lowest BCUT2D eigenvalue weighted by Gasteiger charge is -2.41. The van der Waals surface area contributed by atoms with Crippen LogP contribution in [0.5, 0.6) is 0 Å². The average Bonchev–Trinajstić information content (AvgIpc) is 2.34. The van der Waals surface area contributed by atoms with Crippen molar-refractivity contribution >= 4 is 0 Å². The molecule has 0 saturated carbocycles. The Kier molecular flexibility index (Phi) is 6.74. The van der Waals surface area contributed by atoms with Gasteiger partial charge in [-0.15, -0.1) is 0 Å². The topological polar surface area (TPSA) is 33.7 Å². The molecule has 0 aliphatic carbocycles. The van der Waals surface area contributed by atoms with Crippen molar-refractivity contribution in [3.63, 3.8) is 0 Å². The van der Waals surface area contributed by atoms with Crippen molar-refractivity contribution in [1.29, 1.82) is 0 Å². The van der Waals surface area contributed by atoms with Crippen LogP contribution in [0.15, 0.2) is 0 Å². The molecule has 0 amide bonds. The fourth-order valence-electron chi connectivity index (χ4n) is 2.61. The van der Waals surface area contributed by atoms with Crippen molar-refractivity contribution < 1.29 is 9.47 Å². The number of piperidine rings is 1. The predicted octanol–water partition coefficient (Wildman–Crippen LogP) is 1.75. The van der Waals surface area contributed by atoms with E-state index >= 15 is 0 Å². The second-order valence-corrected chi connectivity index (χ2v) is 6.78. The highest BCUT2D eigenvalue weighted by Crippen LogP contribution is 2.21. The molecule has 1 aliphatic rings. The standard InChI is InChI=1S/C15H32N2O2/c1-12-7-8-17(10-14(12)19-6)13(11-18-5)9-16-15(2,3)4/h12-14,16H,7-11H2,1-6H3. The molecule has 0 aromatic rings. The van der Waals surface area contributed by atoms with Crippen LogP contribution in [0.3, 0.4) is 0 Å². The lowest BCUT2D eigenvalue weighted by Crippen LogP contribution is -2.55. The number of likely N-dealkylation sites (tertiary alicyclic amines) is 1. The number of hydrogen-bond acceptors (Lipinski definition) is 4. The molecule has 0 aromatic carbocycles. The van der Waals surface area contributed by atoms with Crippen molar-refractivity contribution in [2.75, 3.05) is 40.5 Å². The maximum absolute atomic E-state index is 5.60. The van der Waals surface area contributed by atoms with Gasteiger partial charge in [0.15, 0.2) is 0 Å². The molecule has 0 aromatic heterocycles. The Balaban J connectivity index is 2.55. The molecule has 1 fully saturated rings. The lowest BCUT2D eigenvalue weighted by atomic mass is 9.94. The largest absolute Gasteiger partial charge is 0.383 e. The van der Waals surface area contributed by atoms with E-state index in [9.17, 15) is 0 Å². The van der Waals surface area contributed by atoms with E-state index in [-0.39, 0.29) is 5.54 Å². The van der Waals surface area contributed by atoms with Crippen LogP contribution in [0.25, 0.3) is 0 Å². The lowest BCUT2D eigenvalue weighted by molar-refractivity contribution is -0.0311. The van der Waals surface area contributed by atoms with E-state index in [0.29, 0.717) is 18.1 Å². The summed E-state index contributed by atoms with van der Waals surface area (Å²) in [5, 5.41) is 3.59. The van der Waals surface area contributed by atoms with Crippen LogP contribution in [-0.2, 0) is 9.47 Å². The van der Waals surface area contributed by atoms with E-state index in [1.54, 1.807) is 7.11 Å². The zero-order chi connectivity index (χ0) is 14.5. The van der Waals surface area contributed by atoms with Crippen LogP contribution in [-0.4, -0.2) is 63.0 Å². The third-order valence-electron chi connectivity index (χ3n) is 3.97. The number of rotatable bonds is 6. The Morgan fingerprint density at radius 2 is 2.00 bits per heavy atom. The minimum absolute atomic E-state index is 0.149. The first-order valence-corrected chi connectivity index (χ1v) is 7.38. The third-order valence-corrected chi connectivity index (χ3v) is 3.97. The normalized spacial score (nSPS) is 27.5. The molecule has 1 rings (SSSR count). The number of hydrogen-bond donors (Lipinski definition) is 1. The highest BCUT2D eigenvalue weighted by atomic mass is 16.5. The fourth-order valence-corrected chi connectivity index (χ4v) is 2.61. The first-order chi connectivity index (χ1) is 8.87. The molecular formula is C15H32N2O2. The minimum atomic E-state index is 0.149. The van der Waals surface area contributed by atoms with E-state index in [4.69, 9.17) is 9.47 Å². The maximum atomic E-state index is 5.60. The van der Waals surface area contributed by atoms with Crippen molar-refractivity contribution in [2.24, 2.45) is 5.92 Å². The van der Waals surface area contributed by atoms with Gasteiger partial charge in [-0.2, -0.15) is 0 Å². The predicted molar refractivity (Wildman–Crippen MR) is 79.6 cm³/mol. The van der Waals surface area contributed by atoms with Crippen molar-refractivity contribution in [2.45, 2.75) is 51.8 Å². The molecule has 3 unspecified atom stereocenters. The zero-order valence-electron chi connectivity index (χ0n) is 13.5. The Hall–Kier alpha value is -0.160. The van der Waals surface area contributed by atoms with Gasteiger partial charge in [-0.25, -0.2) is 0 Å². The van der Waals surface area contributed by atoms with E-state index in [1.807, 2.05) is 7.11 Å². The zero-order valence-corrected chi connectivity index (χ0v) is 13.5. The second kappa shape index (κ2) is 7.58. The first-order valence-electron chi connectivity index (χ1n) is 7.38. The van der Waals surface area contributed by atoms with Crippen LogP contribution >= 0.6 is 0 Å². The third kappa shape index (κ3) is 5.78. The monoisotopic (exact) mass is 272 g/mol. The number of methoxy groups -OCH3 is 2. The SMILES string of the molecule is COCC(CNC(C)(C)C)N1CCC(C)C(OC)C1. The second-order valence-electron chi connectivity index (χ2n) is 6.78. The van der Waals surface area contributed by atoms with Crippen molar-refractivity contribution in [3.8, 4) is 0 Å². The molecule has 1 aliphatic heterocycles. The molecular weight excluding hydrogens is 240 g/mol. The van der Waals surface area contributed by atoms with Gasteiger partial charge >= 0.3 is 0 Å². The van der Waals surface area contributed by atoms with Crippen LogP contribution in [0, 0.1) is 5.92 Å². The highest BCUT2D eigenvalue weighted by Gasteiger charge is 2.30. The van der Waals surface area contributed by atoms with Gasteiger partial charge < -0.3 is 14.8 Å². The minimum Gasteiger partial charge on any atom is -0.383 e. The van der Waals surface area contributed by atoms with Gasteiger partial charge in [0.25, 0.3) is 0 Å². The summed E-state index contributed by atoms with van der Waals surface area (Å²) in [4.78, 5) is 2.51. The Morgan fingerprint density at radius 1 is 1.32 bits per heavy atom. The van der Waals surface area contributed by atoms with E-state index < -0.39 is 0 Å². The summed E-state index contributed by atoms with van der Waals surface area (Å²) >= 11 is 0. The quantitative estimate of drug-likeness (QED) is 0.799. The van der Waals surface area contributed by atoms with Crippen LogP contribution < -0.4 is 5.32 Å². The summed E-state index contributed by atoms with van der Waals surface area (Å²) in [7, 11) is 3.61. The molecule has 0 radical (unpaired) electrons. The van der Waals surface area contributed by atoms with Crippen LogP contribution in [0.1, 0.15) is 34.1 Å². The van der Waals surface area contributed by atoms with Gasteiger partial charge in [0.1, 0.15) is 0 Å². The van der Waals surface area contributed by atoms with E-state index in [2.05, 4.69) is 37.9 Å². The molecule has 1 heterocycles. The van der Waals surface area contributed by atoms with E-state index in [0.717, 1.165) is 26.2 Å². The van der Waals surface area contributed by atoms with Crippen LogP contribution in [0.2, 0.25) is 0 Å². The summed E-state index contributed by atoms with van der Waals surface area (Å²) in [5.74, 6) is 0.653. The van der Waals surface area contributed by atoms with Gasteiger partial charge in [0.05, 0.1) is 12.7 Å². The molecule has 1 saturated heterocycles. The molecule has 4 nitrogen and oxygen atoms in total. The summed E-state index contributed by atoms with van der Waals surface area (Å²) in [6.45, 7) is 12.8. The molecule has 114 valence electrons. The van der Waals surface area contributed by atoms with Gasteiger partial charge in [-0.3, -0.25) is 4.90 Å². The molecule has 0 bridgehead atoms. The van der Waals surface area contributed by atoms with Crippen LogP contribution in [0.4, 0.5) is 0 Å². The molecule has 19 heavy (non-hydrogen) atoms. The van der Waals surface area contributed by atoms with Crippen molar-refractivity contribution in [1.82, 2.24) is 10.2 Å². The molecule has 1 N–H and O–H groups in total. The summed E-state index contributed by atoms with van der Waals surface area (Å²) in [6.07, 6.45) is 1.55. The molecule has 0 spiro atoms. The van der Waals surface area contributed by atoms with Gasteiger partial charge in [0, 0.05) is 38.9 Å². The molecule has 4 heteroatoms. The maximum Gasteiger partial charge on any atom is 0.0724 e.